The molecule has 2 aliphatic rings. The first-order valence-corrected chi connectivity index (χ1v) is 8.32. The molecule has 0 saturated heterocycles. The maximum atomic E-state index is 12.3. The number of rotatable bonds is 5. The largest absolute Gasteiger partial charge is 0.353 e. The summed E-state index contributed by atoms with van der Waals surface area (Å²) in [6.45, 7) is 2.19. The number of nitrogens with zero attached hydrogens (tertiary/aromatic N) is 1. The fraction of sp³-hybridized carbons (Fsp3) is 0.500. The summed E-state index contributed by atoms with van der Waals surface area (Å²) >= 11 is 0. The van der Waals surface area contributed by atoms with Crippen molar-refractivity contribution in [1.29, 1.82) is 0 Å². The summed E-state index contributed by atoms with van der Waals surface area (Å²) in [5.74, 6) is -0.476. The van der Waals surface area contributed by atoms with Gasteiger partial charge in [-0.15, -0.1) is 0 Å². The number of hydrogen-bond acceptors (Lipinski definition) is 3. The van der Waals surface area contributed by atoms with Gasteiger partial charge >= 0.3 is 0 Å². The van der Waals surface area contributed by atoms with Crippen molar-refractivity contribution >= 4 is 17.7 Å². The van der Waals surface area contributed by atoms with Gasteiger partial charge in [0.2, 0.25) is 5.91 Å². The molecule has 5 heteroatoms. The van der Waals surface area contributed by atoms with Gasteiger partial charge < -0.3 is 5.32 Å². The molecule has 0 radical (unpaired) electrons. The molecule has 122 valence electrons. The molecule has 0 spiro atoms. The number of imide groups is 1. The monoisotopic (exact) mass is 314 g/mol. The summed E-state index contributed by atoms with van der Waals surface area (Å²) in [5, 5.41) is 3.02. The van der Waals surface area contributed by atoms with Crippen LogP contribution in [0.5, 0.6) is 0 Å². The van der Waals surface area contributed by atoms with E-state index in [1.807, 2.05) is 13.0 Å². The van der Waals surface area contributed by atoms with Crippen molar-refractivity contribution in [2.24, 2.45) is 0 Å². The van der Waals surface area contributed by atoms with Crippen LogP contribution in [0.25, 0.3) is 0 Å². The molecule has 0 aromatic heterocycles. The molecule has 1 aliphatic heterocycles. The highest BCUT2D eigenvalue weighted by molar-refractivity contribution is 6.21. The zero-order valence-corrected chi connectivity index (χ0v) is 13.4. The van der Waals surface area contributed by atoms with E-state index >= 15 is 0 Å². The van der Waals surface area contributed by atoms with Crippen LogP contribution in [0.3, 0.4) is 0 Å². The standard InChI is InChI=1S/C18H22N2O3/c1-12-8-9-14-15(11-12)18(23)20(17(14)22)10-4-7-16(21)19-13-5-2-3-6-13/h8-9,11,13H,2-7,10H2,1H3,(H,19,21). The molecule has 0 atom stereocenters. The van der Waals surface area contributed by atoms with Crippen LogP contribution in [0.1, 0.15) is 64.8 Å². The minimum absolute atomic E-state index is 0.0179. The SMILES string of the molecule is Cc1ccc2c(c1)C(=O)N(CCCC(=O)NC1CCCC1)C2=O. The molecular formula is C18H22N2O3. The third kappa shape index (κ3) is 3.28. The van der Waals surface area contributed by atoms with Crippen LogP contribution < -0.4 is 5.32 Å². The number of benzene rings is 1. The molecule has 5 nitrogen and oxygen atoms in total. The third-order valence-electron chi connectivity index (χ3n) is 4.63. The van der Waals surface area contributed by atoms with Gasteiger partial charge in [-0.05, 0) is 38.3 Å². The average Bonchev–Trinajstić information content (AvgIpc) is 3.10. The Morgan fingerprint density at radius 1 is 1.17 bits per heavy atom. The second-order valence-electron chi connectivity index (χ2n) is 6.46. The molecule has 1 aromatic carbocycles. The number of fused-ring (bicyclic) bond motifs is 1. The molecule has 0 bridgehead atoms. The van der Waals surface area contributed by atoms with Crippen LogP contribution in [0, 0.1) is 6.92 Å². The summed E-state index contributed by atoms with van der Waals surface area (Å²) in [6.07, 6.45) is 5.33. The lowest BCUT2D eigenvalue weighted by molar-refractivity contribution is -0.121. The molecule has 1 N–H and O–H groups in total. The Morgan fingerprint density at radius 3 is 2.61 bits per heavy atom. The maximum Gasteiger partial charge on any atom is 0.261 e. The van der Waals surface area contributed by atoms with Gasteiger partial charge in [-0.25, -0.2) is 0 Å². The predicted molar refractivity (Wildman–Crippen MR) is 86.2 cm³/mol. The van der Waals surface area contributed by atoms with Crippen LogP contribution in [0.15, 0.2) is 18.2 Å². The van der Waals surface area contributed by atoms with E-state index in [1.54, 1.807) is 12.1 Å². The number of nitrogens with one attached hydrogen (secondary N) is 1. The minimum atomic E-state index is -0.249. The van der Waals surface area contributed by atoms with Gasteiger partial charge in [-0.1, -0.05) is 24.5 Å². The van der Waals surface area contributed by atoms with Gasteiger partial charge in [0, 0.05) is 19.0 Å². The highest BCUT2D eigenvalue weighted by Crippen LogP contribution is 2.24. The fourth-order valence-corrected chi connectivity index (χ4v) is 3.38. The second-order valence-corrected chi connectivity index (χ2v) is 6.46. The van der Waals surface area contributed by atoms with E-state index in [4.69, 9.17) is 0 Å². The van der Waals surface area contributed by atoms with E-state index in [1.165, 1.54) is 17.7 Å². The van der Waals surface area contributed by atoms with Gasteiger partial charge in [0.05, 0.1) is 11.1 Å². The molecule has 1 saturated carbocycles. The second kappa shape index (κ2) is 6.52. The van der Waals surface area contributed by atoms with Crippen LogP contribution in [0.4, 0.5) is 0 Å². The lowest BCUT2D eigenvalue weighted by Gasteiger charge is -2.15. The summed E-state index contributed by atoms with van der Waals surface area (Å²) < 4.78 is 0. The Bertz CT molecular complexity index is 648. The Kier molecular flexibility index (Phi) is 4.46. The summed E-state index contributed by atoms with van der Waals surface area (Å²) in [5.41, 5.74) is 1.91. The molecule has 23 heavy (non-hydrogen) atoms. The van der Waals surface area contributed by atoms with E-state index in [-0.39, 0.29) is 17.7 Å². The zero-order valence-electron chi connectivity index (χ0n) is 13.4. The van der Waals surface area contributed by atoms with Gasteiger partial charge in [-0.2, -0.15) is 0 Å². The van der Waals surface area contributed by atoms with Crippen LogP contribution in [-0.2, 0) is 4.79 Å². The van der Waals surface area contributed by atoms with Gasteiger partial charge in [0.15, 0.2) is 0 Å². The molecule has 1 aliphatic carbocycles. The molecule has 3 amide bonds. The Morgan fingerprint density at radius 2 is 1.87 bits per heavy atom. The first kappa shape index (κ1) is 15.7. The smallest absolute Gasteiger partial charge is 0.261 e. The van der Waals surface area contributed by atoms with Crippen LogP contribution >= 0.6 is 0 Å². The summed E-state index contributed by atoms with van der Waals surface area (Å²) in [6, 6.07) is 5.60. The summed E-state index contributed by atoms with van der Waals surface area (Å²) in [4.78, 5) is 37.8. The molecule has 1 fully saturated rings. The normalized spacial score (nSPS) is 17.7. The zero-order chi connectivity index (χ0) is 16.4. The number of carbonyl (C=O) groups excluding carboxylic acids is 3. The third-order valence-corrected chi connectivity index (χ3v) is 4.63. The topological polar surface area (TPSA) is 66.5 Å². The Labute approximate surface area is 136 Å². The number of carbonyl (C=O) groups is 3. The van der Waals surface area contributed by atoms with Crippen molar-refractivity contribution < 1.29 is 14.4 Å². The number of hydrogen-bond donors (Lipinski definition) is 1. The van der Waals surface area contributed by atoms with Crippen molar-refractivity contribution in [3.05, 3.63) is 34.9 Å². The van der Waals surface area contributed by atoms with E-state index < -0.39 is 0 Å². The Hall–Kier alpha value is -2.17. The first-order valence-electron chi connectivity index (χ1n) is 8.32. The lowest BCUT2D eigenvalue weighted by atomic mass is 10.1. The van der Waals surface area contributed by atoms with E-state index in [2.05, 4.69) is 5.32 Å². The average molecular weight is 314 g/mol. The molecular weight excluding hydrogens is 292 g/mol. The van der Waals surface area contributed by atoms with Crippen molar-refractivity contribution in [3.8, 4) is 0 Å². The highest BCUT2D eigenvalue weighted by atomic mass is 16.2. The van der Waals surface area contributed by atoms with Crippen molar-refractivity contribution in [1.82, 2.24) is 10.2 Å². The van der Waals surface area contributed by atoms with Crippen molar-refractivity contribution in [2.45, 2.75) is 51.5 Å². The maximum absolute atomic E-state index is 12.3. The van der Waals surface area contributed by atoms with Crippen LogP contribution in [-0.4, -0.2) is 35.2 Å². The quantitative estimate of drug-likeness (QED) is 0.849. The van der Waals surface area contributed by atoms with Gasteiger partial charge in [0.1, 0.15) is 0 Å². The van der Waals surface area contributed by atoms with Crippen molar-refractivity contribution in [3.63, 3.8) is 0 Å². The predicted octanol–water partition coefficient (Wildman–Crippen LogP) is 2.43. The minimum Gasteiger partial charge on any atom is -0.353 e. The van der Waals surface area contributed by atoms with E-state index in [9.17, 15) is 14.4 Å². The lowest BCUT2D eigenvalue weighted by Crippen LogP contribution is -2.34. The van der Waals surface area contributed by atoms with E-state index in [0.29, 0.717) is 36.6 Å². The van der Waals surface area contributed by atoms with Gasteiger partial charge in [-0.3, -0.25) is 19.3 Å². The van der Waals surface area contributed by atoms with Crippen LogP contribution in [0.2, 0.25) is 0 Å². The van der Waals surface area contributed by atoms with E-state index in [0.717, 1.165) is 18.4 Å². The fourth-order valence-electron chi connectivity index (χ4n) is 3.38. The van der Waals surface area contributed by atoms with Crippen molar-refractivity contribution in [2.75, 3.05) is 6.54 Å². The highest BCUT2D eigenvalue weighted by Gasteiger charge is 2.35. The first-order chi connectivity index (χ1) is 11.1. The number of amides is 3. The summed E-state index contributed by atoms with van der Waals surface area (Å²) in [7, 11) is 0. The molecule has 1 aromatic rings. The molecule has 0 unspecified atom stereocenters. The molecule has 3 rings (SSSR count). The Balaban J connectivity index is 1.52. The number of aryl methyl sites for hydroxylation is 1. The van der Waals surface area contributed by atoms with Gasteiger partial charge in [0.25, 0.3) is 11.8 Å². The molecule has 1 heterocycles.